The average molecular weight is 411 g/mol. The SMILES string of the molecule is Cc1c(N)cncc1-c1cc2cc(NC(=O)OC3COCC3C)ncc2c(N)c1F. The Morgan fingerprint density at radius 1 is 1.23 bits per heavy atom. The van der Waals surface area contributed by atoms with Crippen LogP contribution in [0.3, 0.4) is 0 Å². The quantitative estimate of drug-likeness (QED) is 0.563. The summed E-state index contributed by atoms with van der Waals surface area (Å²) in [5.74, 6) is -0.186. The molecule has 0 spiro atoms. The molecule has 156 valence electrons. The number of halogens is 1. The molecule has 3 aromatic rings. The second-order valence-corrected chi connectivity index (χ2v) is 7.43. The molecule has 5 N–H and O–H groups in total. The molecule has 3 heterocycles. The van der Waals surface area contributed by atoms with Crippen molar-refractivity contribution in [1.82, 2.24) is 9.97 Å². The van der Waals surface area contributed by atoms with Gasteiger partial charge in [-0.15, -0.1) is 0 Å². The van der Waals surface area contributed by atoms with Gasteiger partial charge >= 0.3 is 6.09 Å². The van der Waals surface area contributed by atoms with Crippen LogP contribution in [-0.4, -0.2) is 35.4 Å². The zero-order valence-electron chi connectivity index (χ0n) is 16.6. The molecule has 0 bridgehead atoms. The van der Waals surface area contributed by atoms with E-state index in [-0.39, 0.29) is 29.1 Å². The lowest BCUT2D eigenvalue weighted by Crippen LogP contribution is -2.27. The second-order valence-electron chi connectivity index (χ2n) is 7.43. The largest absolute Gasteiger partial charge is 0.443 e. The van der Waals surface area contributed by atoms with Crippen LogP contribution in [0.25, 0.3) is 21.9 Å². The van der Waals surface area contributed by atoms with Gasteiger partial charge in [0.15, 0.2) is 5.82 Å². The van der Waals surface area contributed by atoms with Crippen molar-refractivity contribution in [3.63, 3.8) is 0 Å². The van der Waals surface area contributed by atoms with E-state index < -0.39 is 11.9 Å². The van der Waals surface area contributed by atoms with Crippen molar-refractivity contribution in [2.75, 3.05) is 30.0 Å². The van der Waals surface area contributed by atoms with Gasteiger partial charge in [0, 0.05) is 34.8 Å². The number of pyridine rings is 2. The molecule has 2 aromatic heterocycles. The molecule has 4 rings (SSSR count). The summed E-state index contributed by atoms with van der Waals surface area (Å²) in [6.07, 6.45) is 3.53. The number of hydrogen-bond acceptors (Lipinski definition) is 7. The monoisotopic (exact) mass is 411 g/mol. The molecule has 8 nitrogen and oxygen atoms in total. The van der Waals surface area contributed by atoms with Crippen LogP contribution < -0.4 is 16.8 Å². The third kappa shape index (κ3) is 3.59. The van der Waals surface area contributed by atoms with Crippen molar-refractivity contribution < 1.29 is 18.7 Å². The number of rotatable bonds is 3. The fourth-order valence-corrected chi connectivity index (χ4v) is 3.44. The second kappa shape index (κ2) is 7.75. The molecule has 0 radical (unpaired) electrons. The number of ether oxygens (including phenoxy) is 2. The van der Waals surface area contributed by atoms with E-state index in [0.29, 0.717) is 40.8 Å². The summed E-state index contributed by atoms with van der Waals surface area (Å²) >= 11 is 0. The van der Waals surface area contributed by atoms with Crippen LogP contribution >= 0.6 is 0 Å². The maximum Gasteiger partial charge on any atom is 0.413 e. The Balaban J connectivity index is 1.67. The standard InChI is InChI=1S/C21H22FN5O3/c1-10-8-29-9-17(10)30-21(28)27-18-4-12-3-13(14-5-25-7-16(23)11(14)2)19(22)20(24)15(12)6-26-18/h3-7,10,17H,8-9,23-24H2,1-2H3,(H,26,27,28). The maximum atomic E-state index is 15.0. The number of fused-ring (bicyclic) bond motifs is 1. The number of anilines is 3. The molecule has 0 aliphatic carbocycles. The number of carbonyl (C=O) groups is 1. The lowest BCUT2D eigenvalue weighted by atomic mass is 9.97. The number of nitrogens with zero attached hydrogens (tertiary/aromatic N) is 2. The number of nitrogen functional groups attached to an aromatic ring is 2. The molecule has 0 saturated carbocycles. The first-order valence-electron chi connectivity index (χ1n) is 9.48. The first-order chi connectivity index (χ1) is 14.3. The van der Waals surface area contributed by atoms with Crippen LogP contribution in [0.5, 0.6) is 0 Å². The molecule has 1 aliphatic rings. The number of nitrogens with one attached hydrogen (secondary N) is 1. The Bertz CT molecular complexity index is 1140. The third-order valence-corrected chi connectivity index (χ3v) is 5.33. The van der Waals surface area contributed by atoms with Crippen molar-refractivity contribution in [3.8, 4) is 11.1 Å². The van der Waals surface area contributed by atoms with Gasteiger partial charge in [0.25, 0.3) is 0 Å². The first-order valence-corrected chi connectivity index (χ1v) is 9.48. The van der Waals surface area contributed by atoms with Gasteiger partial charge in [0.05, 0.1) is 30.8 Å². The van der Waals surface area contributed by atoms with Crippen molar-refractivity contribution in [3.05, 3.63) is 42.1 Å². The Morgan fingerprint density at radius 2 is 2.03 bits per heavy atom. The van der Waals surface area contributed by atoms with Gasteiger partial charge in [0.1, 0.15) is 11.9 Å². The number of benzene rings is 1. The van der Waals surface area contributed by atoms with E-state index >= 15 is 0 Å². The van der Waals surface area contributed by atoms with Gasteiger partial charge in [-0.3, -0.25) is 10.3 Å². The molecular weight excluding hydrogens is 389 g/mol. The van der Waals surface area contributed by atoms with Crippen LogP contribution in [0, 0.1) is 18.7 Å². The lowest BCUT2D eigenvalue weighted by Gasteiger charge is -2.15. The average Bonchev–Trinajstić information content (AvgIpc) is 3.11. The molecule has 2 atom stereocenters. The summed E-state index contributed by atoms with van der Waals surface area (Å²) in [7, 11) is 0. The molecule has 1 saturated heterocycles. The molecule has 2 unspecified atom stereocenters. The van der Waals surface area contributed by atoms with E-state index in [1.807, 2.05) is 6.92 Å². The minimum absolute atomic E-state index is 0.0390. The van der Waals surface area contributed by atoms with Gasteiger partial charge in [0.2, 0.25) is 0 Å². The smallest absolute Gasteiger partial charge is 0.413 e. The van der Waals surface area contributed by atoms with Crippen molar-refractivity contribution in [2.45, 2.75) is 20.0 Å². The van der Waals surface area contributed by atoms with Gasteiger partial charge in [-0.05, 0) is 30.0 Å². The first kappa shape index (κ1) is 19.8. The normalized spacial score (nSPS) is 18.5. The summed E-state index contributed by atoms with van der Waals surface area (Å²) in [6, 6.07) is 3.25. The van der Waals surface area contributed by atoms with Gasteiger partial charge in [-0.1, -0.05) is 6.92 Å². The highest BCUT2D eigenvalue weighted by Crippen LogP contribution is 2.36. The fraction of sp³-hybridized carbons (Fsp3) is 0.286. The van der Waals surface area contributed by atoms with Crippen molar-refractivity contribution >= 4 is 34.1 Å². The maximum absolute atomic E-state index is 15.0. The number of aromatic nitrogens is 2. The van der Waals surface area contributed by atoms with Crippen molar-refractivity contribution in [1.29, 1.82) is 0 Å². The van der Waals surface area contributed by atoms with Crippen LogP contribution in [0.1, 0.15) is 12.5 Å². The van der Waals surface area contributed by atoms with E-state index in [9.17, 15) is 9.18 Å². The molecule has 1 amide bonds. The fourth-order valence-electron chi connectivity index (χ4n) is 3.44. The minimum atomic E-state index is -0.629. The van der Waals surface area contributed by atoms with E-state index in [2.05, 4.69) is 15.3 Å². The van der Waals surface area contributed by atoms with E-state index in [4.69, 9.17) is 20.9 Å². The topological polar surface area (TPSA) is 125 Å². The highest BCUT2D eigenvalue weighted by atomic mass is 19.1. The Kier molecular flexibility index (Phi) is 5.13. The predicted octanol–water partition coefficient (Wildman–Crippen LogP) is 3.49. The molecule has 9 heteroatoms. The lowest BCUT2D eigenvalue weighted by molar-refractivity contribution is 0.0843. The van der Waals surface area contributed by atoms with Crippen LogP contribution in [-0.2, 0) is 9.47 Å². The van der Waals surface area contributed by atoms with Gasteiger partial charge in [-0.2, -0.15) is 0 Å². The summed E-state index contributed by atoms with van der Waals surface area (Å²) in [6.45, 7) is 4.66. The minimum Gasteiger partial charge on any atom is -0.443 e. The molecule has 1 fully saturated rings. The van der Waals surface area contributed by atoms with Crippen LogP contribution in [0.4, 0.5) is 26.4 Å². The third-order valence-electron chi connectivity index (χ3n) is 5.33. The molecular formula is C21H22FN5O3. The van der Waals surface area contributed by atoms with Crippen molar-refractivity contribution in [2.24, 2.45) is 5.92 Å². The summed E-state index contributed by atoms with van der Waals surface area (Å²) in [4.78, 5) is 20.4. The Hall–Kier alpha value is -3.46. The Labute approximate surface area is 172 Å². The van der Waals surface area contributed by atoms with Gasteiger partial charge < -0.3 is 20.9 Å². The number of nitrogens with two attached hydrogens (primary N) is 2. The van der Waals surface area contributed by atoms with Gasteiger partial charge in [-0.25, -0.2) is 14.2 Å². The molecule has 1 aliphatic heterocycles. The summed E-state index contributed by atoms with van der Waals surface area (Å²) in [5.41, 5.74) is 13.9. The zero-order chi connectivity index (χ0) is 21.4. The van der Waals surface area contributed by atoms with Crippen LogP contribution in [0.2, 0.25) is 0 Å². The van der Waals surface area contributed by atoms with Crippen LogP contribution in [0.15, 0.2) is 30.7 Å². The Morgan fingerprint density at radius 3 is 2.77 bits per heavy atom. The number of carbonyl (C=O) groups excluding carboxylic acids is 1. The summed E-state index contributed by atoms with van der Waals surface area (Å²) < 4.78 is 25.7. The van der Waals surface area contributed by atoms with E-state index in [1.54, 1.807) is 19.1 Å². The highest BCUT2D eigenvalue weighted by molar-refractivity contribution is 5.99. The number of amides is 1. The zero-order valence-corrected chi connectivity index (χ0v) is 16.6. The molecule has 1 aromatic carbocycles. The summed E-state index contributed by atoms with van der Waals surface area (Å²) in [5, 5.41) is 3.64. The van der Waals surface area contributed by atoms with E-state index in [0.717, 1.165) is 0 Å². The predicted molar refractivity (Wildman–Crippen MR) is 112 cm³/mol. The highest BCUT2D eigenvalue weighted by Gasteiger charge is 2.28. The number of hydrogen-bond donors (Lipinski definition) is 3. The van der Waals surface area contributed by atoms with E-state index in [1.165, 1.54) is 18.6 Å². The molecule has 30 heavy (non-hydrogen) atoms.